The van der Waals surface area contributed by atoms with Gasteiger partial charge in [-0.3, -0.25) is 4.90 Å². The van der Waals surface area contributed by atoms with E-state index in [1.807, 2.05) is 0 Å². The second kappa shape index (κ2) is 5.99. The Bertz CT molecular complexity index is 176. The van der Waals surface area contributed by atoms with Gasteiger partial charge in [0.25, 0.3) is 0 Å². The molecule has 0 spiro atoms. The Morgan fingerprint density at radius 2 is 1.75 bits per heavy atom. The van der Waals surface area contributed by atoms with Crippen LogP contribution in [0.5, 0.6) is 0 Å². The summed E-state index contributed by atoms with van der Waals surface area (Å²) in [6.07, 6.45) is 6.86. The Labute approximate surface area is 99.3 Å². The van der Waals surface area contributed by atoms with E-state index in [9.17, 15) is 0 Å². The van der Waals surface area contributed by atoms with Crippen molar-refractivity contribution < 1.29 is 4.74 Å². The molecule has 1 saturated heterocycles. The molecule has 1 saturated carbocycles. The standard InChI is InChI=1S/C13H26N2O/c1-11(15-7-9-16-10-8-15)13(14)12-5-3-2-4-6-12/h11-13H,2-10,14H2,1H3/t11-,13-/m0/s1. The highest BCUT2D eigenvalue weighted by molar-refractivity contribution is 4.86. The van der Waals surface area contributed by atoms with Crippen LogP contribution in [0.4, 0.5) is 0 Å². The van der Waals surface area contributed by atoms with Gasteiger partial charge in [0, 0.05) is 25.2 Å². The first-order valence-electron chi connectivity index (χ1n) is 6.86. The molecule has 0 aromatic heterocycles. The number of nitrogens with two attached hydrogens (primary N) is 1. The molecular formula is C13H26N2O. The molecule has 0 aromatic carbocycles. The van der Waals surface area contributed by atoms with E-state index >= 15 is 0 Å². The lowest BCUT2D eigenvalue weighted by Gasteiger charge is -2.39. The maximum Gasteiger partial charge on any atom is 0.0594 e. The van der Waals surface area contributed by atoms with Crippen LogP contribution < -0.4 is 5.73 Å². The van der Waals surface area contributed by atoms with Crippen LogP contribution in [0.1, 0.15) is 39.0 Å². The van der Waals surface area contributed by atoms with Crippen LogP contribution >= 0.6 is 0 Å². The van der Waals surface area contributed by atoms with Gasteiger partial charge in [0.2, 0.25) is 0 Å². The highest BCUT2D eigenvalue weighted by Gasteiger charge is 2.29. The molecule has 3 nitrogen and oxygen atoms in total. The molecule has 2 fully saturated rings. The van der Waals surface area contributed by atoms with Crippen molar-refractivity contribution in [3.05, 3.63) is 0 Å². The predicted octanol–water partition coefficient (Wildman–Crippen LogP) is 1.61. The molecule has 1 aliphatic carbocycles. The fourth-order valence-corrected chi connectivity index (χ4v) is 3.14. The molecule has 2 rings (SSSR count). The van der Waals surface area contributed by atoms with Gasteiger partial charge in [-0.05, 0) is 25.7 Å². The Kier molecular flexibility index (Phi) is 4.62. The Morgan fingerprint density at radius 1 is 1.12 bits per heavy atom. The van der Waals surface area contributed by atoms with Crippen molar-refractivity contribution in [2.75, 3.05) is 26.3 Å². The van der Waals surface area contributed by atoms with Crippen LogP contribution in [0.3, 0.4) is 0 Å². The van der Waals surface area contributed by atoms with E-state index < -0.39 is 0 Å². The molecule has 2 atom stereocenters. The Morgan fingerprint density at radius 3 is 2.38 bits per heavy atom. The summed E-state index contributed by atoms with van der Waals surface area (Å²) >= 11 is 0. The fraction of sp³-hybridized carbons (Fsp3) is 1.00. The summed E-state index contributed by atoms with van der Waals surface area (Å²) in [4.78, 5) is 2.50. The average Bonchev–Trinajstić information content (AvgIpc) is 2.39. The lowest BCUT2D eigenvalue weighted by Crippen LogP contribution is -2.53. The minimum atomic E-state index is 0.360. The highest BCUT2D eigenvalue weighted by atomic mass is 16.5. The Hall–Kier alpha value is -0.120. The topological polar surface area (TPSA) is 38.5 Å². The van der Waals surface area contributed by atoms with Gasteiger partial charge >= 0.3 is 0 Å². The monoisotopic (exact) mass is 226 g/mol. The van der Waals surface area contributed by atoms with Crippen molar-refractivity contribution in [3.63, 3.8) is 0 Å². The first-order valence-corrected chi connectivity index (χ1v) is 6.86. The van der Waals surface area contributed by atoms with Crippen LogP contribution in [0, 0.1) is 5.92 Å². The third-order valence-electron chi connectivity index (χ3n) is 4.37. The van der Waals surface area contributed by atoms with Crippen molar-refractivity contribution in [3.8, 4) is 0 Å². The van der Waals surface area contributed by atoms with E-state index in [0.29, 0.717) is 12.1 Å². The van der Waals surface area contributed by atoms with Gasteiger partial charge < -0.3 is 10.5 Å². The molecule has 1 aliphatic heterocycles. The molecule has 16 heavy (non-hydrogen) atoms. The molecule has 0 amide bonds. The summed E-state index contributed by atoms with van der Waals surface area (Å²) in [6.45, 7) is 6.16. The summed E-state index contributed by atoms with van der Waals surface area (Å²) in [5.41, 5.74) is 6.44. The van der Waals surface area contributed by atoms with Crippen LogP contribution in [0.15, 0.2) is 0 Å². The van der Waals surface area contributed by atoms with Gasteiger partial charge in [-0.1, -0.05) is 19.3 Å². The Balaban J connectivity index is 1.84. The summed E-state index contributed by atoms with van der Waals surface area (Å²) in [7, 11) is 0. The van der Waals surface area contributed by atoms with Crippen molar-refractivity contribution in [1.82, 2.24) is 4.90 Å². The van der Waals surface area contributed by atoms with Crippen molar-refractivity contribution >= 4 is 0 Å². The zero-order valence-corrected chi connectivity index (χ0v) is 10.5. The zero-order chi connectivity index (χ0) is 11.4. The van der Waals surface area contributed by atoms with E-state index in [1.165, 1.54) is 32.1 Å². The third kappa shape index (κ3) is 2.96. The van der Waals surface area contributed by atoms with Crippen molar-refractivity contribution in [2.45, 2.75) is 51.1 Å². The average molecular weight is 226 g/mol. The molecule has 3 heteroatoms. The smallest absolute Gasteiger partial charge is 0.0594 e. The summed E-state index contributed by atoms with van der Waals surface area (Å²) in [6, 6.07) is 0.880. The van der Waals surface area contributed by atoms with Gasteiger partial charge in [-0.25, -0.2) is 0 Å². The first kappa shape index (κ1) is 12.3. The number of rotatable bonds is 3. The summed E-state index contributed by atoms with van der Waals surface area (Å²) in [5.74, 6) is 0.756. The minimum absolute atomic E-state index is 0.360. The predicted molar refractivity (Wildman–Crippen MR) is 66.4 cm³/mol. The second-order valence-corrected chi connectivity index (χ2v) is 5.36. The normalized spacial score (nSPS) is 28.9. The SMILES string of the molecule is C[C@@H]([C@H](N)C1CCCCC1)N1CCOCC1. The van der Waals surface area contributed by atoms with E-state index in [1.54, 1.807) is 0 Å². The van der Waals surface area contributed by atoms with Gasteiger partial charge in [-0.2, -0.15) is 0 Å². The maximum absolute atomic E-state index is 6.44. The molecule has 94 valence electrons. The summed E-state index contributed by atoms with van der Waals surface area (Å²) in [5, 5.41) is 0. The van der Waals surface area contributed by atoms with Gasteiger partial charge in [-0.15, -0.1) is 0 Å². The molecule has 2 aliphatic rings. The van der Waals surface area contributed by atoms with E-state index in [0.717, 1.165) is 32.2 Å². The molecule has 0 bridgehead atoms. The summed E-state index contributed by atoms with van der Waals surface area (Å²) < 4.78 is 5.39. The van der Waals surface area contributed by atoms with Crippen molar-refractivity contribution in [1.29, 1.82) is 0 Å². The van der Waals surface area contributed by atoms with E-state index in [-0.39, 0.29) is 0 Å². The number of hydrogen-bond donors (Lipinski definition) is 1. The van der Waals surface area contributed by atoms with Gasteiger partial charge in [0.1, 0.15) is 0 Å². The maximum atomic E-state index is 6.44. The fourth-order valence-electron chi connectivity index (χ4n) is 3.14. The number of nitrogens with zero attached hydrogens (tertiary/aromatic N) is 1. The van der Waals surface area contributed by atoms with Crippen molar-refractivity contribution in [2.24, 2.45) is 11.7 Å². The van der Waals surface area contributed by atoms with E-state index in [4.69, 9.17) is 10.5 Å². The minimum Gasteiger partial charge on any atom is -0.379 e. The quantitative estimate of drug-likeness (QED) is 0.794. The second-order valence-electron chi connectivity index (χ2n) is 5.36. The number of ether oxygens (including phenoxy) is 1. The molecular weight excluding hydrogens is 200 g/mol. The molecule has 2 N–H and O–H groups in total. The van der Waals surface area contributed by atoms with E-state index in [2.05, 4.69) is 11.8 Å². The molecule has 0 unspecified atom stereocenters. The third-order valence-corrected chi connectivity index (χ3v) is 4.37. The molecule has 1 heterocycles. The van der Waals surface area contributed by atoms with Crippen LogP contribution in [0.25, 0.3) is 0 Å². The first-order chi connectivity index (χ1) is 7.79. The van der Waals surface area contributed by atoms with Crippen LogP contribution in [-0.4, -0.2) is 43.3 Å². The van der Waals surface area contributed by atoms with Crippen LogP contribution in [0.2, 0.25) is 0 Å². The van der Waals surface area contributed by atoms with Gasteiger partial charge in [0.15, 0.2) is 0 Å². The number of morpholine rings is 1. The van der Waals surface area contributed by atoms with Gasteiger partial charge in [0.05, 0.1) is 13.2 Å². The highest BCUT2D eigenvalue weighted by Crippen LogP contribution is 2.28. The van der Waals surface area contributed by atoms with Crippen LogP contribution in [-0.2, 0) is 4.74 Å². The lowest BCUT2D eigenvalue weighted by atomic mass is 9.81. The molecule has 0 aromatic rings. The number of hydrogen-bond acceptors (Lipinski definition) is 3. The zero-order valence-electron chi connectivity index (χ0n) is 10.5. The lowest BCUT2D eigenvalue weighted by molar-refractivity contribution is 0.00895. The largest absolute Gasteiger partial charge is 0.379 e. The molecule has 0 radical (unpaired) electrons.